The van der Waals surface area contributed by atoms with E-state index in [1.54, 1.807) is 11.3 Å². The molecule has 2 heterocycles. The maximum Gasteiger partial charge on any atom is 0.309 e. The van der Waals surface area contributed by atoms with E-state index in [4.69, 9.17) is 0 Å². The Morgan fingerprint density at radius 2 is 2.00 bits per heavy atom. The number of hydrogen-bond acceptors (Lipinski definition) is 4. The summed E-state index contributed by atoms with van der Waals surface area (Å²) in [6.07, 6.45) is 2.98. The molecule has 1 aliphatic heterocycles. The van der Waals surface area contributed by atoms with Crippen molar-refractivity contribution in [3.05, 3.63) is 22.4 Å². The van der Waals surface area contributed by atoms with Gasteiger partial charge in [0.15, 0.2) is 0 Å². The van der Waals surface area contributed by atoms with Crippen LogP contribution >= 0.6 is 11.3 Å². The Morgan fingerprint density at radius 3 is 2.64 bits per heavy atom. The van der Waals surface area contributed by atoms with Gasteiger partial charge in [0.1, 0.15) is 0 Å². The summed E-state index contributed by atoms with van der Waals surface area (Å²) in [5, 5.41) is 9.66. The first-order chi connectivity index (χ1) is 10.7. The van der Waals surface area contributed by atoms with Crippen molar-refractivity contribution in [3.63, 3.8) is 0 Å². The second-order valence-electron chi connectivity index (χ2n) is 5.82. The fraction of sp³-hybridized carbons (Fsp3) is 0.625. The predicted octanol–water partition coefficient (Wildman–Crippen LogP) is 1.60. The van der Waals surface area contributed by atoms with Crippen LogP contribution in [0.15, 0.2) is 16.8 Å². The van der Waals surface area contributed by atoms with Gasteiger partial charge in [-0.25, -0.2) is 0 Å². The summed E-state index contributed by atoms with van der Waals surface area (Å²) in [6, 6.07) is 2.17. The molecular formula is C16H25N3O2S. The van der Waals surface area contributed by atoms with E-state index in [2.05, 4.69) is 32.4 Å². The summed E-state index contributed by atoms with van der Waals surface area (Å²) < 4.78 is 0. The van der Waals surface area contributed by atoms with Gasteiger partial charge in [0.2, 0.25) is 0 Å². The molecule has 1 aliphatic rings. The van der Waals surface area contributed by atoms with Crippen molar-refractivity contribution in [2.45, 2.75) is 32.7 Å². The van der Waals surface area contributed by atoms with Crippen molar-refractivity contribution in [2.24, 2.45) is 5.92 Å². The van der Waals surface area contributed by atoms with Crippen LogP contribution in [0.4, 0.5) is 0 Å². The molecule has 5 nitrogen and oxygen atoms in total. The molecule has 6 heteroatoms. The summed E-state index contributed by atoms with van der Waals surface area (Å²) >= 11 is 1.74. The Morgan fingerprint density at radius 1 is 1.27 bits per heavy atom. The van der Waals surface area contributed by atoms with Gasteiger partial charge in [-0.05, 0) is 60.7 Å². The number of piperidine rings is 1. The molecule has 0 unspecified atom stereocenters. The molecule has 0 saturated carbocycles. The van der Waals surface area contributed by atoms with Crippen LogP contribution in [0.3, 0.4) is 0 Å². The number of thiophene rings is 1. The first kappa shape index (κ1) is 17.0. The zero-order chi connectivity index (χ0) is 15.8. The van der Waals surface area contributed by atoms with Crippen molar-refractivity contribution in [1.29, 1.82) is 0 Å². The molecule has 22 heavy (non-hydrogen) atoms. The minimum Gasteiger partial charge on any atom is -0.348 e. The highest BCUT2D eigenvalue weighted by Crippen LogP contribution is 2.19. The Bertz CT molecular complexity index is 468. The first-order valence-electron chi connectivity index (χ1n) is 7.98. The lowest BCUT2D eigenvalue weighted by Crippen LogP contribution is -2.43. The molecule has 122 valence electrons. The molecule has 2 amide bonds. The number of carbonyl (C=O) groups is 2. The topological polar surface area (TPSA) is 61.4 Å². The summed E-state index contributed by atoms with van der Waals surface area (Å²) in [5.41, 5.74) is 1.38. The highest BCUT2D eigenvalue weighted by Gasteiger charge is 2.21. The van der Waals surface area contributed by atoms with E-state index in [1.165, 1.54) is 5.56 Å². The van der Waals surface area contributed by atoms with Crippen LogP contribution < -0.4 is 10.6 Å². The third kappa shape index (κ3) is 5.42. The molecule has 0 aliphatic carbocycles. The number of rotatable bonds is 6. The van der Waals surface area contributed by atoms with E-state index >= 15 is 0 Å². The van der Waals surface area contributed by atoms with Crippen LogP contribution in [-0.2, 0) is 16.1 Å². The lowest BCUT2D eigenvalue weighted by atomic mass is 9.96. The van der Waals surface area contributed by atoms with E-state index in [-0.39, 0.29) is 0 Å². The average molecular weight is 323 g/mol. The SMILES string of the molecule is CCCNC(=O)C(=O)NCC1CCN(Cc2ccsc2)CC1. The van der Waals surface area contributed by atoms with Crippen LogP contribution in [0.25, 0.3) is 0 Å². The number of likely N-dealkylation sites (tertiary alicyclic amines) is 1. The quantitative estimate of drug-likeness (QED) is 0.782. The largest absolute Gasteiger partial charge is 0.348 e. The molecule has 0 radical (unpaired) electrons. The number of hydrogen-bond donors (Lipinski definition) is 2. The second-order valence-corrected chi connectivity index (χ2v) is 6.60. The standard InChI is InChI=1S/C16H25N3O2S/c1-2-6-17-15(20)16(21)18-10-13-3-7-19(8-4-13)11-14-5-9-22-12-14/h5,9,12-13H,2-4,6-8,10-11H2,1H3,(H,17,20)(H,18,21). The smallest absolute Gasteiger partial charge is 0.309 e. The van der Waals surface area contributed by atoms with Gasteiger partial charge in [-0.2, -0.15) is 11.3 Å². The summed E-state index contributed by atoms with van der Waals surface area (Å²) in [4.78, 5) is 25.6. The van der Waals surface area contributed by atoms with Crippen LogP contribution in [0, 0.1) is 5.92 Å². The van der Waals surface area contributed by atoms with E-state index < -0.39 is 11.8 Å². The van der Waals surface area contributed by atoms with Gasteiger partial charge in [-0.3, -0.25) is 14.5 Å². The Balaban J connectivity index is 1.63. The van der Waals surface area contributed by atoms with Crippen LogP contribution in [0.5, 0.6) is 0 Å². The number of amides is 2. The van der Waals surface area contributed by atoms with Gasteiger partial charge in [-0.15, -0.1) is 0 Å². The summed E-state index contributed by atoms with van der Waals surface area (Å²) in [7, 11) is 0. The Kier molecular flexibility index (Phi) is 6.86. The third-order valence-electron chi connectivity index (χ3n) is 3.99. The van der Waals surface area contributed by atoms with Crippen molar-refractivity contribution in [1.82, 2.24) is 15.5 Å². The zero-order valence-electron chi connectivity index (χ0n) is 13.1. The van der Waals surface area contributed by atoms with E-state index in [0.29, 0.717) is 19.0 Å². The van der Waals surface area contributed by atoms with Crippen LogP contribution in [-0.4, -0.2) is 42.9 Å². The van der Waals surface area contributed by atoms with E-state index in [0.717, 1.165) is 38.9 Å². The number of nitrogens with one attached hydrogen (secondary N) is 2. The average Bonchev–Trinajstić information content (AvgIpc) is 3.04. The molecule has 1 saturated heterocycles. The van der Waals surface area contributed by atoms with Crippen molar-refractivity contribution < 1.29 is 9.59 Å². The fourth-order valence-corrected chi connectivity index (χ4v) is 3.29. The molecule has 1 fully saturated rings. The highest BCUT2D eigenvalue weighted by molar-refractivity contribution is 7.07. The molecule has 0 atom stereocenters. The van der Waals surface area contributed by atoms with Gasteiger partial charge in [0, 0.05) is 19.6 Å². The van der Waals surface area contributed by atoms with Gasteiger partial charge >= 0.3 is 11.8 Å². The molecular weight excluding hydrogens is 298 g/mol. The number of carbonyl (C=O) groups excluding carboxylic acids is 2. The predicted molar refractivity (Wildman–Crippen MR) is 88.6 cm³/mol. The Hall–Kier alpha value is -1.40. The maximum absolute atomic E-state index is 11.6. The van der Waals surface area contributed by atoms with Gasteiger partial charge in [-0.1, -0.05) is 6.92 Å². The minimum absolute atomic E-state index is 0.474. The Labute approximate surface area is 136 Å². The van der Waals surface area contributed by atoms with Crippen molar-refractivity contribution in [2.75, 3.05) is 26.2 Å². The van der Waals surface area contributed by atoms with Gasteiger partial charge in [0.25, 0.3) is 0 Å². The van der Waals surface area contributed by atoms with Crippen LogP contribution in [0.1, 0.15) is 31.7 Å². The van der Waals surface area contributed by atoms with Crippen LogP contribution in [0.2, 0.25) is 0 Å². The van der Waals surface area contributed by atoms with E-state index in [1.807, 2.05) is 6.92 Å². The molecule has 2 N–H and O–H groups in total. The first-order valence-corrected chi connectivity index (χ1v) is 8.92. The molecule has 0 aromatic carbocycles. The molecule has 0 bridgehead atoms. The van der Waals surface area contributed by atoms with E-state index in [9.17, 15) is 9.59 Å². The summed E-state index contributed by atoms with van der Waals surface area (Å²) in [6.45, 7) is 6.23. The monoisotopic (exact) mass is 323 g/mol. The molecule has 1 aromatic heterocycles. The zero-order valence-corrected chi connectivity index (χ0v) is 14.0. The highest BCUT2D eigenvalue weighted by atomic mass is 32.1. The number of nitrogens with zero attached hydrogens (tertiary/aromatic N) is 1. The lowest BCUT2D eigenvalue weighted by Gasteiger charge is -2.31. The minimum atomic E-state index is -0.517. The van der Waals surface area contributed by atoms with Crippen molar-refractivity contribution in [3.8, 4) is 0 Å². The second kappa shape index (κ2) is 8.90. The normalized spacial score (nSPS) is 16.4. The van der Waals surface area contributed by atoms with Crippen molar-refractivity contribution >= 4 is 23.2 Å². The molecule has 1 aromatic rings. The van der Waals surface area contributed by atoms with Gasteiger partial charge < -0.3 is 10.6 Å². The van der Waals surface area contributed by atoms with Gasteiger partial charge in [0.05, 0.1) is 0 Å². The summed E-state index contributed by atoms with van der Waals surface area (Å²) in [5.74, 6) is -0.549. The lowest BCUT2D eigenvalue weighted by molar-refractivity contribution is -0.139. The molecule has 0 spiro atoms. The third-order valence-corrected chi connectivity index (χ3v) is 4.72. The molecule has 2 rings (SSSR count). The maximum atomic E-state index is 11.6. The fourth-order valence-electron chi connectivity index (χ4n) is 2.63.